The number of rotatable bonds is 5. The molecule has 0 aliphatic carbocycles. The summed E-state index contributed by atoms with van der Waals surface area (Å²) in [5.74, 6) is -0.766. The van der Waals surface area contributed by atoms with Gasteiger partial charge in [-0.15, -0.1) is 0 Å². The topological polar surface area (TPSA) is 99.8 Å². The average Bonchev–Trinajstić information content (AvgIpc) is 3.25. The van der Waals surface area contributed by atoms with E-state index >= 15 is 0 Å². The highest BCUT2D eigenvalue weighted by Gasteiger charge is 2.44. The van der Waals surface area contributed by atoms with Crippen LogP contribution in [0.5, 0.6) is 0 Å². The summed E-state index contributed by atoms with van der Waals surface area (Å²) in [6.07, 6.45) is 3.03. The van der Waals surface area contributed by atoms with Crippen LogP contribution < -0.4 is 16.0 Å². The van der Waals surface area contributed by atoms with Gasteiger partial charge in [0.2, 0.25) is 11.8 Å². The molecule has 3 fully saturated rings. The Balaban J connectivity index is 1.23. The summed E-state index contributed by atoms with van der Waals surface area (Å²) in [6.45, 7) is 3.65. The zero-order chi connectivity index (χ0) is 20.0. The maximum absolute atomic E-state index is 13.1. The smallest absolute Gasteiger partial charge is 0.255 e. The number of benzene rings is 1. The number of ether oxygens (including phenoxy) is 1. The molecule has 5 rings (SSSR count). The fraction of sp³-hybridized carbons (Fsp3) is 0.571. The molecular formula is C21H26N4O4. The van der Waals surface area contributed by atoms with Crippen molar-refractivity contribution >= 4 is 17.7 Å². The third kappa shape index (κ3) is 3.35. The lowest BCUT2D eigenvalue weighted by Gasteiger charge is -2.38. The number of carbonyl (C=O) groups is 3. The molecule has 1 aromatic rings. The minimum Gasteiger partial charge on any atom is -0.368 e. The fourth-order valence-electron chi connectivity index (χ4n) is 4.91. The molecule has 29 heavy (non-hydrogen) atoms. The van der Waals surface area contributed by atoms with Crippen molar-refractivity contribution in [3.63, 3.8) is 0 Å². The number of carbonyl (C=O) groups excluding carboxylic acids is 3. The van der Waals surface area contributed by atoms with E-state index in [0.29, 0.717) is 25.1 Å². The summed E-state index contributed by atoms with van der Waals surface area (Å²) in [5, 5.41) is 9.08. The molecule has 2 atom stereocenters. The van der Waals surface area contributed by atoms with Gasteiger partial charge in [0.15, 0.2) is 0 Å². The standard InChI is InChI=1S/C21H26N4O4/c26-17-5-4-16(19(27)24-17)25-10-14-3-1-2-13(18(14)20(25)28)8-22-9-15-6-7-21(29-15)11-23-12-21/h1-3,15-16,22-23H,4-12H2,(H,24,26,27). The maximum atomic E-state index is 13.1. The first kappa shape index (κ1) is 18.7. The molecule has 3 amide bonds. The van der Waals surface area contributed by atoms with E-state index in [1.54, 1.807) is 4.90 Å². The Labute approximate surface area is 169 Å². The number of hydrogen-bond donors (Lipinski definition) is 3. The lowest BCUT2D eigenvalue weighted by Crippen LogP contribution is -2.59. The van der Waals surface area contributed by atoms with Crippen LogP contribution in [0.4, 0.5) is 0 Å². The molecule has 8 heteroatoms. The van der Waals surface area contributed by atoms with Crippen molar-refractivity contribution in [3.05, 3.63) is 34.9 Å². The number of hydrogen-bond acceptors (Lipinski definition) is 6. The lowest BCUT2D eigenvalue weighted by atomic mass is 9.93. The van der Waals surface area contributed by atoms with Crippen molar-refractivity contribution in [2.45, 2.75) is 56.5 Å². The second kappa shape index (κ2) is 7.19. The Bertz CT molecular complexity index is 866. The van der Waals surface area contributed by atoms with Crippen LogP contribution in [-0.4, -0.2) is 60.0 Å². The molecule has 0 bridgehead atoms. The van der Waals surface area contributed by atoms with Gasteiger partial charge < -0.3 is 20.3 Å². The molecule has 4 aliphatic heterocycles. The van der Waals surface area contributed by atoms with Crippen LogP contribution in [-0.2, 0) is 27.4 Å². The van der Waals surface area contributed by atoms with Crippen molar-refractivity contribution in [2.75, 3.05) is 19.6 Å². The van der Waals surface area contributed by atoms with Gasteiger partial charge in [0, 0.05) is 44.7 Å². The van der Waals surface area contributed by atoms with Crippen molar-refractivity contribution < 1.29 is 19.1 Å². The van der Waals surface area contributed by atoms with Gasteiger partial charge in [-0.05, 0) is 30.4 Å². The van der Waals surface area contributed by atoms with Crippen LogP contribution in [0, 0.1) is 0 Å². The molecule has 3 N–H and O–H groups in total. The molecule has 3 saturated heterocycles. The highest BCUT2D eigenvalue weighted by molar-refractivity contribution is 6.05. The highest BCUT2D eigenvalue weighted by Crippen LogP contribution is 2.33. The van der Waals surface area contributed by atoms with Gasteiger partial charge in [-0.1, -0.05) is 18.2 Å². The second-order valence-electron chi connectivity index (χ2n) is 8.55. The van der Waals surface area contributed by atoms with Crippen LogP contribution in [0.3, 0.4) is 0 Å². The van der Waals surface area contributed by atoms with Gasteiger partial charge in [-0.2, -0.15) is 0 Å². The molecule has 0 aromatic heterocycles. The van der Waals surface area contributed by atoms with Crippen LogP contribution in [0.2, 0.25) is 0 Å². The van der Waals surface area contributed by atoms with Crippen molar-refractivity contribution in [3.8, 4) is 0 Å². The van der Waals surface area contributed by atoms with Crippen molar-refractivity contribution in [1.82, 2.24) is 20.9 Å². The Morgan fingerprint density at radius 1 is 1.21 bits per heavy atom. The summed E-state index contributed by atoms with van der Waals surface area (Å²) in [6, 6.07) is 5.28. The van der Waals surface area contributed by atoms with Crippen LogP contribution in [0.25, 0.3) is 0 Å². The zero-order valence-electron chi connectivity index (χ0n) is 16.3. The minimum absolute atomic E-state index is 0.0543. The zero-order valence-corrected chi connectivity index (χ0v) is 16.3. The Hall–Kier alpha value is -2.29. The number of nitrogens with zero attached hydrogens (tertiary/aromatic N) is 1. The number of amides is 3. The molecule has 2 unspecified atom stereocenters. The van der Waals surface area contributed by atoms with E-state index in [1.165, 1.54) is 0 Å². The summed E-state index contributed by atoms with van der Waals surface area (Å²) in [7, 11) is 0. The first-order valence-electron chi connectivity index (χ1n) is 10.4. The normalized spacial score (nSPS) is 27.9. The van der Waals surface area contributed by atoms with E-state index in [1.807, 2.05) is 18.2 Å². The SMILES string of the molecule is O=C1CCC(N2Cc3cccc(CNCC4CCC5(CNC5)O4)c3C2=O)C(=O)N1. The minimum atomic E-state index is -0.576. The summed E-state index contributed by atoms with van der Waals surface area (Å²) in [5.41, 5.74) is 2.63. The maximum Gasteiger partial charge on any atom is 0.255 e. The van der Waals surface area contributed by atoms with E-state index < -0.39 is 6.04 Å². The predicted octanol–water partition coefficient (Wildman–Crippen LogP) is 0.0582. The molecule has 0 radical (unpaired) electrons. The number of fused-ring (bicyclic) bond motifs is 1. The second-order valence-corrected chi connectivity index (χ2v) is 8.55. The number of nitrogens with one attached hydrogen (secondary N) is 3. The van der Waals surface area contributed by atoms with Crippen LogP contribution in [0.1, 0.15) is 47.2 Å². The van der Waals surface area contributed by atoms with Crippen LogP contribution in [0.15, 0.2) is 18.2 Å². The monoisotopic (exact) mass is 398 g/mol. The molecule has 154 valence electrons. The summed E-state index contributed by atoms with van der Waals surface area (Å²) in [4.78, 5) is 38.3. The quantitative estimate of drug-likeness (QED) is 0.607. The molecule has 4 aliphatic rings. The van der Waals surface area contributed by atoms with Gasteiger partial charge in [-0.3, -0.25) is 19.7 Å². The largest absolute Gasteiger partial charge is 0.368 e. The fourth-order valence-corrected chi connectivity index (χ4v) is 4.91. The third-order valence-corrected chi connectivity index (χ3v) is 6.56. The van der Waals surface area contributed by atoms with E-state index in [9.17, 15) is 14.4 Å². The van der Waals surface area contributed by atoms with Crippen LogP contribution >= 0.6 is 0 Å². The average molecular weight is 398 g/mol. The predicted molar refractivity (Wildman–Crippen MR) is 104 cm³/mol. The number of imide groups is 1. The Morgan fingerprint density at radius 2 is 2.07 bits per heavy atom. The van der Waals surface area contributed by atoms with Gasteiger partial charge in [-0.25, -0.2) is 0 Å². The van der Waals surface area contributed by atoms with Crippen molar-refractivity contribution in [2.24, 2.45) is 0 Å². The molecule has 1 aromatic carbocycles. The highest BCUT2D eigenvalue weighted by atomic mass is 16.5. The molecule has 8 nitrogen and oxygen atoms in total. The lowest BCUT2D eigenvalue weighted by molar-refractivity contribution is -0.136. The van der Waals surface area contributed by atoms with Gasteiger partial charge >= 0.3 is 0 Å². The Morgan fingerprint density at radius 3 is 2.79 bits per heavy atom. The van der Waals surface area contributed by atoms with E-state index in [-0.39, 0.29) is 35.8 Å². The van der Waals surface area contributed by atoms with Crippen molar-refractivity contribution in [1.29, 1.82) is 0 Å². The third-order valence-electron chi connectivity index (χ3n) is 6.56. The van der Waals surface area contributed by atoms with E-state index in [0.717, 1.165) is 43.6 Å². The molecule has 4 heterocycles. The van der Waals surface area contributed by atoms with Gasteiger partial charge in [0.05, 0.1) is 11.7 Å². The molecule has 1 spiro atoms. The Kier molecular flexibility index (Phi) is 4.64. The van der Waals surface area contributed by atoms with E-state index in [2.05, 4.69) is 16.0 Å². The van der Waals surface area contributed by atoms with Gasteiger partial charge in [0.25, 0.3) is 5.91 Å². The van der Waals surface area contributed by atoms with Gasteiger partial charge in [0.1, 0.15) is 6.04 Å². The molecule has 0 saturated carbocycles. The van der Waals surface area contributed by atoms with E-state index in [4.69, 9.17) is 4.74 Å². The number of piperidine rings is 1. The first-order valence-corrected chi connectivity index (χ1v) is 10.4. The summed E-state index contributed by atoms with van der Waals surface area (Å²) >= 11 is 0. The molecular weight excluding hydrogens is 372 g/mol. The first-order chi connectivity index (χ1) is 14.0. The summed E-state index contributed by atoms with van der Waals surface area (Å²) < 4.78 is 6.18.